The molecule has 2 aromatic carbocycles. The minimum absolute atomic E-state index is 0.116. The van der Waals surface area contributed by atoms with E-state index in [1.807, 2.05) is 29.2 Å². The van der Waals surface area contributed by atoms with Gasteiger partial charge in [-0.05, 0) is 44.9 Å². The Hall–Kier alpha value is -2.60. The van der Waals surface area contributed by atoms with Gasteiger partial charge in [0.25, 0.3) is 0 Å². The first-order chi connectivity index (χ1) is 13.5. The standard InChI is InChI=1S/C22H24N4OS/c1-15(2)26-21(18-9-6-7-16(3)13-18)23-24-22(26)28-14-20(27)25-12-11-17-8-4-5-10-19(17)25/h4-10,13,15H,11-12,14H2,1-3H3. The first-order valence-electron chi connectivity index (χ1n) is 9.57. The molecule has 0 aliphatic carbocycles. The molecule has 28 heavy (non-hydrogen) atoms. The van der Waals surface area contributed by atoms with Gasteiger partial charge in [0.1, 0.15) is 0 Å². The summed E-state index contributed by atoms with van der Waals surface area (Å²) in [6.07, 6.45) is 0.923. The molecular formula is C22H24N4OS. The van der Waals surface area contributed by atoms with Gasteiger partial charge in [-0.2, -0.15) is 0 Å². The van der Waals surface area contributed by atoms with Crippen LogP contribution in [0.4, 0.5) is 5.69 Å². The fourth-order valence-corrected chi connectivity index (χ4v) is 4.57. The van der Waals surface area contributed by atoms with Crippen molar-refractivity contribution in [1.82, 2.24) is 14.8 Å². The Kier molecular flexibility index (Phi) is 5.22. The number of fused-ring (bicyclic) bond motifs is 1. The number of hydrogen-bond donors (Lipinski definition) is 0. The number of amides is 1. The molecule has 5 nitrogen and oxygen atoms in total. The van der Waals surface area contributed by atoms with Crippen LogP contribution in [0.25, 0.3) is 11.4 Å². The summed E-state index contributed by atoms with van der Waals surface area (Å²) < 4.78 is 2.12. The fraction of sp³-hybridized carbons (Fsp3) is 0.318. The highest BCUT2D eigenvalue weighted by molar-refractivity contribution is 7.99. The molecule has 1 aliphatic rings. The number of aromatic nitrogens is 3. The fourth-order valence-electron chi connectivity index (χ4n) is 3.62. The highest BCUT2D eigenvalue weighted by Gasteiger charge is 2.25. The summed E-state index contributed by atoms with van der Waals surface area (Å²) >= 11 is 1.46. The van der Waals surface area contributed by atoms with Gasteiger partial charge in [-0.1, -0.05) is 53.7 Å². The van der Waals surface area contributed by atoms with E-state index in [1.54, 1.807) is 0 Å². The molecule has 0 atom stereocenters. The second-order valence-corrected chi connectivity index (χ2v) is 8.29. The molecule has 1 amide bonds. The topological polar surface area (TPSA) is 51.0 Å². The number of aryl methyl sites for hydroxylation is 1. The Morgan fingerprint density at radius 1 is 1.14 bits per heavy atom. The van der Waals surface area contributed by atoms with Crippen molar-refractivity contribution in [3.8, 4) is 11.4 Å². The predicted octanol–water partition coefficient (Wildman–Crippen LogP) is 4.52. The number of rotatable bonds is 5. The van der Waals surface area contributed by atoms with Gasteiger partial charge in [-0.25, -0.2) is 0 Å². The van der Waals surface area contributed by atoms with Crippen LogP contribution in [0, 0.1) is 6.92 Å². The highest BCUT2D eigenvalue weighted by Crippen LogP contribution is 2.31. The van der Waals surface area contributed by atoms with Crippen molar-refractivity contribution < 1.29 is 4.79 Å². The van der Waals surface area contributed by atoms with Crippen LogP contribution in [0.3, 0.4) is 0 Å². The molecule has 0 bridgehead atoms. The van der Waals surface area contributed by atoms with E-state index in [9.17, 15) is 4.79 Å². The molecule has 0 N–H and O–H groups in total. The second-order valence-electron chi connectivity index (χ2n) is 7.35. The monoisotopic (exact) mass is 392 g/mol. The number of nitrogens with zero attached hydrogens (tertiary/aromatic N) is 4. The zero-order valence-electron chi connectivity index (χ0n) is 16.4. The lowest BCUT2D eigenvalue weighted by molar-refractivity contribution is -0.116. The molecule has 2 heterocycles. The average Bonchev–Trinajstić information content (AvgIpc) is 3.30. The molecule has 0 fully saturated rings. The number of carbonyl (C=O) groups excluding carboxylic acids is 1. The van der Waals surface area contributed by atoms with Gasteiger partial charge in [0.2, 0.25) is 5.91 Å². The van der Waals surface area contributed by atoms with Crippen molar-refractivity contribution in [3.63, 3.8) is 0 Å². The third kappa shape index (κ3) is 3.56. The lowest BCUT2D eigenvalue weighted by Gasteiger charge is -2.18. The van der Waals surface area contributed by atoms with Crippen LogP contribution in [0.2, 0.25) is 0 Å². The van der Waals surface area contributed by atoms with E-state index in [-0.39, 0.29) is 11.9 Å². The van der Waals surface area contributed by atoms with Crippen LogP contribution >= 0.6 is 11.8 Å². The normalized spacial score (nSPS) is 13.2. The molecule has 0 radical (unpaired) electrons. The molecule has 0 saturated heterocycles. The maximum atomic E-state index is 12.8. The third-order valence-corrected chi connectivity index (χ3v) is 5.90. The van der Waals surface area contributed by atoms with Gasteiger partial charge in [-0.3, -0.25) is 9.36 Å². The van der Waals surface area contributed by atoms with Crippen molar-refractivity contribution in [2.24, 2.45) is 0 Å². The molecule has 1 aromatic heterocycles. The Labute approximate surface area is 169 Å². The molecule has 0 saturated carbocycles. The number of benzene rings is 2. The van der Waals surface area contributed by atoms with Crippen LogP contribution in [0.15, 0.2) is 53.7 Å². The third-order valence-electron chi connectivity index (χ3n) is 4.97. The van der Waals surface area contributed by atoms with Crippen LogP contribution in [-0.2, 0) is 11.2 Å². The van der Waals surface area contributed by atoms with E-state index in [0.29, 0.717) is 5.75 Å². The number of carbonyl (C=O) groups is 1. The first-order valence-corrected chi connectivity index (χ1v) is 10.6. The van der Waals surface area contributed by atoms with Crippen molar-refractivity contribution in [2.45, 2.75) is 38.4 Å². The van der Waals surface area contributed by atoms with Crippen molar-refractivity contribution in [3.05, 3.63) is 59.7 Å². The van der Waals surface area contributed by atoms with Crippen LogP contribution < -0.4 is 4.90 Å². The zero-order valence-corrected chi connectivity index (χ0v) is 17.2. The van der Waals surface area contributed by atoms with E-state index < -0.39 is 0 Å². The van der Waals surface area contributed by atoms with Crippen molar-refractivity contribution >= 4 is 23.4 Å². The van der Waals surface area contributed by atoms with Crippen molar-refractivity contribution in [1.29, 1.82) is 0 Å². The lowest BCUT2D eigenvalue weighted by Crippen LogP contribution is -2.30. The van der Waals surface area contributed by atoms with Crippen LogP contribution in [-0.4, -0.2) is 33.0 Å². The molecule has 1 aliphatic heterocycles. The predicted molar refractivity (Wildman–Crippen MR) is 114 cm³/mol. The SMILES string of the molecule is Cc1cccc(-c2nnc(SCC(=O)N3CCc4ccccc43)n2C(C)C)c1. The van der Waals surface area contributed by atoms with E-state index in [4.69, 9.17) is 0 Å². The minimum Gasteiger partial charge on any atom is -0.311 e. The molecule has 6 heteroatoms. The van der Waals surface area contributed by atoms with Gasteiger partial charge in [0, 0.05) is 23.8 Å². The summed E-state index contributed by atoms with van der Waals surface area (Å²) in [6.45, 7) is 7.06. The van der Waals surface area contributed by atoms with Gasteiger partial charge in [0.05, 0.1) is 5.75 Å². The van der Waals surface area contributed by atoms with Crippen LogP contribution in [0.1, 0.15) is 31.0 Å². The van der Waals surface area contributed by atoms with Gasteiger partial charge in [0.15, 0.2) is 11.0 Å². The quantitative estimate of drug-likeness (QED) is 0.599. The Morgan fingerprint density at radius 3 is 2.75 bits per heavy atom. The van der Waals surface area contributed by atoms with Crippen molar-refractivity contribution in [2.75, 3.05) is 17.2 Å². The number of hydrogen-bond acceptors (Lipinski definition) is 4. The van der Waals surface area contributed by atoms with E-state index in [1.165, 1.54) is 22.9 Å². The number of para-hydroxylation sites is 1. The van der Waals surface area contributed by atoms with Gasteiger partial charge >= 0.3 is 0 Å². The molecule has 4 rings (SSSR count). The van der Waals surface area contributed by atoms with Crippen LogP contribution in [0.5, 0.6) is 0 Å². The summed E-state index contributed by atoms with van der Waals surface area (Å²) in [6, 6.07) is 16.6. The first kappa shape index (κ1) is 18.7. The summed E-state index contributed by atoms with van der Waals surface area (Å²) in [5, 5.41) is 9.60. The van der Waals surface area contributed by atoms with Gasteiger partial charge < -0.3 is 4.90 Å². The van der Waals surface area contributed by atoms with E-state index in [0.717, 1.165) is 35.2 Å². The number of anilines is 1. The zero-order chi connectivity index (χ0) is 19.7. The van der Waals surface area contributed by atoms with E-state index >= 15 is 0 Å². The minimum atomic E-state index is 0.116. The number of thioether (sulfide) groups is 1. The van der Waals surface area contributed by atoms with E-state index in [2.05, 4.69) is 59.8 Å². The summed E-state index contributed by atoms with van der Waals surface area (Å²) in [5.41, 5.74) is 4.52. The lowest BCUT2D eigenvalue weighted by atomic mass is 10.1. The molecule has 144 valence electrons. The Balaban J connectivity index is 1.53. The Morgan fingerprint density at radius 2 is 1.96 bits per heavy atom. The molecular weight excluding hydrogens is 368 g/mol. The summed E-state index contributed by atoms with van der Waals surface area (Å²) in [5.74, 6) is 1.32. The molecule has 0 unspecified atom stereocenters. The maximum Gasteiger partial charge on any atom is 0.237 e. The summed E-state index contributed by atoms with van der Waals surface area (Å²) in [7, 11) is 0. The molecule has 3 aromatic rings. The average molecular weight is 393 g/mol. The molecule has 0 spiro atoms. The maximum absolute atomic E-state index is 12.8. The summed E-state index contributed by atoms with van der Waals surface area (Å²) in [4.78, 5) is 14.7. The largest absolute Gasteiger partial charge is 0.311 e. The Bertz CT molecular complexity index is 1010. The second kappa shape index (κ2) is 7.80. The van der Waals surface area contributed by atoms with Gasteiger partial charge in [-0.15, -0.1) is 10.2 Å². The highest BCUT2D eigenvalue weighted by atomic mass is 32.2. The smallest absolute Gasteiger partial charge is 0.237 e.